The summed E-state index contributed by atoms with van der Waals surface area (Å²) in [5, 5.41) is 2.58. The van der Waals surface area contributed by atoms with Gasteiger partial charge in [-0.25, -0.2) is 0 Å². The number of amides is 1. The number of anilines is 2. The maximum absolute atomic E-state index is 13.0. The van der Waals surface area contributed by atoms with Crippen LogP contribution in [0.25, 0.3) is 0 Å². The first kappa shape index (κ1) is 23.1. The highest BCUT2D eigenvalue weighted by Gasteiger charge is 2.16. The van der Waals surface area contributed by atoms with Gasteiger partial charge in [-0.1, -0.05) is 50.2 Å². The van der Waals surface area contributed by atoms with Gasteiger partial charge < -0.3 is 25.5 Å². The van der Waals surface area contributed by atoms with Crippen LogP contribution in [0, 0.1) is 10.7 Å². The summed E-state index contributed by atoms with van der Waals surface area (Å²) < 4.78 is 12.8. The zero-order valence-electron chi connectivity index (χ0n) is 18.2. The number of nitrogens with two attached hydrogens (primary N) is 1. The molecule has 0 saturated heterocycles. The lowest BCUT2D eigenvalue weighted by atomic mass is 10.2. The number of H-pyrrole nitrogens is 1. The van der Waals surface area contributed by atoms with Gasteiger partial charge in [-0.15, -0.1) is 0 Å². The van der Waals surface area contributed by atoms with Crippen LogP contribution in [0.15, 0.2) is 53.3 Å². The van der Waals surface area contributed by atoms with Gasteiger partial charge in [-0.05, 0) is 35.5 Å². The Balaban J connectivity index is 1.90. The molecule has 9 heteroatoms. The summed E-state index contributed by atoms with van der Waals surface area (Å²) in [4.78, 5) is 27.9. The van der Waals surface area contributed by atoms with E-state index in [4.69, 9.17) is 27.4 Å². The van der Waals surface area contributed by atoms with E-state index in [9.17, 15) is 9.59 Å². The molecule has 3 aromatic rings. The third-order valence-electron chi connectivity index (χ3n) is 4.79. The molecule has 0 aliphatic carbocycles. The van der Waals surface area contributed by atoms with E-state index in [1.165, 1.54) is 4.57 Å². The maximum atomic E-state index is 13.0. The van der Waals surface area contributed by atoms with Gasteiger partial charge in [0.2, 0.25) is 5.91 Å². The zero-order valence-corrected chi connectivity index (χ0v) is 19.0. The number of nitrogens with one attached hydrogen (secondary N) is 2. The number of carbonyl (C=O) groups is 1. The molecular weight excluding hydrogens is 428 g/mol. The monoisotopic (exact) mass is 454 g/mol. The first-order valence-corrected chi connectivity index (χ1v) is 10.5. The van der Waals surface area contributed by atoms with Gasteiger partial charge in [0.15, 0.2) is 16.3 Å². The lowest BCUT2D eigenvalue weighted by molar-refractivity contribution is -0.118. The number of aromatic amines is 1. The SMILES string of the molecule is COc1ccc(Cn2c(=S)[nH]c(N)c(NC(=O)C(C)C)c2=O)cc1OCc1ccccc1. The van der Waals surface area contributed by atoms with Crippen LogP contribution < -0.4 is 26.1 Å². The molecule has 0 spiro atoms. The molecule has 1 amide bonds. The predicted octanol–water partition coefficient (Wildman–Crippen LogP) is 3.72. The second-order valence-corrected chi connectivity index (χ2v) is 7.90. The second kappa shape index (κ2) is 10.1. The molecule has 1 heterocycles. The molecule has 2 aromatic carbocycles. The number of aromatic nitrogens is 2. The van der Waals surface area contributed by atoms with Crippen molar-refractivity contribution in [1.29, 1.82) is 0 Å². The van der Waals surface area contributed by atoms with E-state index < -0.39 is 5.56 Å². The minimum atomic E-state index is -0.483. The van der Waals surface area contributed by atoms with Crippen LogP contribution in [0.2, 0.25) is 0 Å². The van der Waals surface area contributed by atoms with Crippen molar-refractivity contribution >= 4 is 29.6 Å². The molecule has 32 heavy (non-hydrogen) atoms. The van der Waals surface area contributed by atoms with Crippen LogP contribution in [0.5, 0.6) is 11.5 Å². The van der Waals surface area contributed by atoms with E-state index in [-0.39, 0.29) is 34.6 Å². The number of hydrogen-bond acceptors (Lipinski definition) is 6. The van der Waals surface area contributed by atoms with Crippen LogP contribution in [0.4, 0.5) is 11.5 Å². The number of carbonyl (C=O) groups excluding carboxylic acids is 1. The Kier molecular flexibility index (Phi) is 7.32. The maximum Gasteiger partial charge on any atom is 0.280 e. The zero-order chi connectivity index (χ0) is 23.3. The first-order valence-electron chi connectivity index (χ1n) is 10.1. The fourth-order valence-electron chi connectivity index (χ4n) is 2.97. The average molecular weight is 455 g/mol. The Hall–Kier alpha value is -3.59. The van der Waals surface area contributed by atoms with Crippen molar-refractivity contribution in [2.75, 3.05) is 18.2 Å². The minimum Gasteiger partial charge on any atom is -0.493 e. The van der Waals surface area contributed by atoms with Gasteiger partial charge in [-0.2, -0.15) is 0 Å². The Morgan fingerprint density at radius 3 is 2.53 bits per heavy atom. The topological polar surface area (TPSA) is 111 Å². The molecule has 0 unspecified atom stereocenters. The van der Waals surface area contributed by atoms with Crippen molar-refractivity contribution in [3.8, 4) is 11.5 Å². The summed E-state index contributed by atoms with van der Waals surface area (Å²) in [5.74, 6) is 0.514. The van der Waals surface area contributed by atoms with Crippen LogP contribution in [-0.2, 0) is 17.9 Å². The van der Waals surface area contributed by atoms with E-state index in [1.807, 2.05) is 36.4 Å². The molecular formula is C23H26N4O4S. The highest BCUT2D eigenvalue weighted by molar-refractivity contribution is 7.71. The van der Waals surface area contributed by atoms with Crippen LogP contribution >= 0.6 is 12.2 Å². The van der Waals surface area contributed by atoms with Crippen LogP contribution in [0.1, 0.15) is 25.0 Å². The fraction of sp³-hybridized carbons (Fsp3) is 0.261. The van der Waals surface area contributed by atoms with Gasteiger partial charge in [0.1, 0.15) is 18.1 Å². The smallest absolute Gasteiger partial charge is 0.280 e. The summed E-state index contributed by atoms with van der Waals surface area (Å²) in [6.45, 7) is 3.98. The number of nitrogen functional groups attached to an aromatic ring is 1. The fourth-order valence-corrected chi connectivity index (χ4v) is 3.23. The Morgan fingerprint density at radius 2 is 1.88 bits per heavy atom. The van der Waals surface area contributed by atoms with E-state index >= 15 is 0 Å². The minimum absolute atomic E-state index is 0.0202. The Labute approximate surface area is 191 Å². The summed E-state index contributed by atoms with van der Waals surface area (Å²) >= 11 is 5.31. The molecule has 0 fully saturated rings. The normalized spacial score (nSPS) is 10.8. The lowest BCUT2D eigenvalue weighted by Crippen LogP contribution is -2.30. The van der Waals surface area contributed by atoms with Gasteiger partial charge in [0.05, 0.1) is 13.7 Å². The summed E-state index contributed by atoms with van der Waals surface area (Å²) in [5.41, 5.74) is 7.18. The van der Waals surface area contributed by atoms with Crippen molar-refractivity contribution in [2.24, 2.45) is 5.92 Å². The van der Waals surface area contributed by atoms with Gasteiger partial charge in [0.25, 0.3) is 5.56 Å². The van der Waals surface area contributed by atoms with Gasteiger partial charge in [-0.3, -0.25) is 14.2 Å². The molecule has 0 radical (unpaired) electrons. The lowest BCUT2D eigenvalue weighted by Gasteiger charge is -2.15. The molecule has 3 rings (SSSR count). The Bertz CT molecular complexity index is 1220. The first-order chi connectivity index (χ1) is 15.3. The van der Waals surface area contributed by atoms with E-state index in [1.54, 1.807) is 33.1 Å². The molecule has 0 aliphatic heterocycles. The third-order valence-corrected chi connectivity index (χ3v) is 5.12. The highest BCUT2D eigenvalue weighted by Crippen LogP contribution is 2.29. The van der Waals surface area contributed by atoms with E-state index in [0.717, 1.165) is 11.1 Å². The van der Waals surface area contributed by atoms with Crippen LogP contribution in [0.3, 0.4) is 0 Å². The summed E-state index contributed by atoms with van der Waals surface area (Å²) in [6, 6.07) is 15.1. The number of methoxy groups -OCH3 is 1. The number of rotatable bonds is 8. The molecule has 0 bridgehead atoms. The third kappa shape index (κ3) is 5.36. The quantitative estimate of drug-likeness (QED) is 0.448. The number of nitrogens with zero attached hydrogens (tertiary/aromatic N) is 1. The van der Waals surface area contributed by atoms with Crippen molar-refractivity contribution in [3.63, 3.8) is 0 Å². The average Bonchev–Trinajstić information content (AvgIpc) is 2.78. The summed E-state index contributed by atoms with van der Waals surface area (Å²) in [7, 11) is 1.56. The van der Waals surface area contributed by atoms with Crippen molar-refractivity contribution in [2.45, 2.75) is 27.0 Å². The molecule has 168 valence electrons. The van der Waals surface area contributed by atoms with Crippen molar-refractivity contribution < 1.29 is 14.3 Å². The van der Waals surface area contributed by atoms with Crippen molar-refractivity contribution in [3.05, 3.63) is 74.8 Å². The summed E-state index contributed by atoms with van der Waals surface area (Å²) in [6.07, 6.45) is 0. The molecule has 0 atom stereocenters. The van der Waals surface area contributed by atoms with Crippen LogP contribution in [-0.4, -0.2) is 22.6 Å². The molecule has 4 N–H and O–H groups in total. The highest BCUT2D eigenvalue weighted by atomic mass is 32.1. The molecule has 0 aliphatic rings. The van der Waals surface area contributed by atoms with E-state index in [2.05, 4.69) is 10.3 Å². The molecule has 0 saturated carbocycles. The number of benzene rings is 2. The predicted molar refractivity (Wildman–Crippen MR) is 127 cm³/mol. The van der Waals surface area contributed by atoms with Gasteiger partial charge in [0, 0.05) is 5.92 Å². The molecule has 8 nitrogen and oxygen atoms in total. The second-order valence-electron chi connectivity index (χ2n) is 7.51. The van der Waals surface area contributed by atoms with Crippen molar-refractivity contribution in [1.82, 2.24) is 9.55 Å². The largest absolute Gasteiger partial charge is 0.493 e. The Morgan fingerprint density at radius 1 is 1.16 bits per heavy atom. The standard InChI is InChI=1S/C23H26N4O4S/c1-14(2)21(28)25-19-20(24)26-23(32)27(22(19)29)12-16-9-10-17(30-3)18(11-16)31-13-15-7-5-4-6-8-15/h4-11,14H,12-13,24H2,1-3H3,(H,25,28)(H,26,32). The van der Waals surface area contributed by atoms with Gasteiger partial charge >= 0.3 is 0 Å². The molecule has 1 aromatic heterocycles. The number of ether oxygens (including phenoxy) is 2. The number of hydrogen-bond donors (Lipinski definition) is 3. The van der Waals surface area contributed by atoms with E-state index in [0.29, 0.717) is 18.1 Å².